The average Bonchev–Trinajstić information content (AvgIpc) is 1.33. The molecule has 6 N–H and O–H groups in total. The molecule has 522 valence electrons. The molecule has 1 aliphatic rings. The molecule has 9 nitrogen and oxygen atoms in total. The first kappa shape index (κ1) is 85.3. The Kier molecular flexibility index (Phi) is 64.9. The second-order valence-corrected chi connectivity index (χ2v) is 25.7. The van der Waals surface area contributed by atoms with Crippen LogP contribution >= 0.6 is 0 Å². The molecule has 1 amide bonds. The molecular weight excluding hydrogens is 1130 g/mol. The molecule has 1 rings (SSSR count). The highest BCUT2D eigenvalue weighted by Gasteiger charge is 2.44. The molecule has 0 aliphatic carbocycles. The van der Waals surface area contributed by atoms with Crippen LogP contribution in [0.15, 0.2) is 134 Å². The van der Waals surface area contributed by atoms with Gasteiger partial charge >= 0.3 is 0 Å². The summed E-state index contributed by atoms with van der Waals surface area (Å²) in [4.78, 5) is 13.2. The zero-order chi connectivity index (χ0) is 65.7. The third-order valence-corrected chi connectivity index (χ3v) is 17.3. The Morgan fingerprint density at radius 1 is 0.385 bits per heavy atom. The maximum Gasteiger partial charge on any atom is 0.220 e. The highest BCUT2D eigenvalue weighted by Crippen LogP contribution is 2.24. The van der Waals surface area contributed by atoms with E-state index < -0.39 is 49.5 Å². The minimum atomic E-state index is -1.57. The fraction of sp³-hybridized carbons (Fsp3) is 0.720. The first-order valence-corrected chi connectivity index (χ1v) is 37.9. The van der Waals surface area contributed by atoms with Crippen LogP contribution in [0.4, 0.5) is 0 Å². The highest BCUT2D eigenvalue weighted by atomic mass is 16.7. The molecule has 0 aromatic rings. The lowest BCUT2D eigenvalue weighted by atomic mass is 9.99. The number of hydrogen-bond acceptors (Lipinski definition) is 8. The fourth-order valence-electron chi connectivity index (χ4n) is 11.4. The van der Waals surface area contributed by atoms with Crippen LogP contribution in [0.1, 0.15) is 322 Å². The predicted molar refractivity (Wildman–Crippen MR) is 391 cm³/mol. The van der Waals surface area contributed by atoms with Gasteiger partial charge in [-0.05, 0) is 96.3 Å². The summed E-state index contributed by atoms with van der Waals surface area (Å²) < 4.78 is 11.4. The molecule has 1 saturated heterocycles. The van der Waals surface area contributed by atoms with E-state index in [2.05, 4.69) is 153 Å². The van der Waals surface area contributed by atoms with Crippen molar-refractivity contribution in [3.05, 3.63) is 134 Å². The lowest BCUT2D eigenvalue weighted by Crippen LogP contribution is -2.60. The van der Waals surface area contributed by atoms with Gasteiger partial charge in [0.2, 0.25) is 5.91 Å². The molecule has 0 spiro atoms. The van der Waals surface area contributed by atoms with Crippen LogP contribution in [0.25, 0.3) is 0 Å². The van der Waals surface area contributed by atoms with E-state index in [1.54, 1.807) is 0 Å². The van der Waals surface area contributed by atoms with E-state index in [0.717, 1.165) is 128 Å². The lowest BCUT2D eigenvalue weighted by Gasteiger charge is -2.40. The van der Waals surface area contributed by atoms with Crippen molar-refractivity contribution in [2.45, 2.75) is 365 Å². The number of hydrogen-bond donors (Lipinski definition) is 6. The third-order valence-electron chi connectivity index (χ3n) is 17.3. The van der Waals surface area contributed by atoms with Crippen molar-refractivity contribution in [1.29, 1.82) is 0 Å². The van der Waals surface area contributed by atoms with Gasteiger partial charge in [-0.1, -0.05) is 353 Å². The molecule has 1 aliphatic heterocycles. The number of carbonyl (C=O) groups excluding carboxylic acids is 1. The number of unbranched alkanes of at least 4 members (excludes halogenated alkanes) is 33. The average molecular weight is 1270 g/mol. The normalized spacial score (nSPS) is 18.5. The quantitative estimate of drug-likeness (QED) is 0.0261. The van der Waals surface area contributed by atoms with Crippen molar-refractivity contribution in [2.24, 2.45) is 0 Å². The highest BCUT2D eigenvalue weighted by molar-refractivity contribution is 5.76. The number of allylic oxidation sites excluding steroid dienone is 22. The van der Waals surface area contributed by atoms with E-state index in [-0.39, 0.29) is 12.5 Å². The van der Waals surface area contributed by atoms with Crippen molar-refractivity contribution >= 4 is 5.91 Å². The van der Waals surface area contributed by atoms with Crippen LogP contribution in [-0.4, -0.2) is 87.5 Å². The number of aliphatic hydroxyl groups is 5. The van der Waals surface area contributed by atoms with Gasteiger partial charge in [-0.3, -0.25) is 4.79 Å². The molecule has 7 atom stereocenters. The SMILES string of the molecule is CC/C=C\C/C=C\C/C=C\C/C=C\C/C=C\C/C=C\C/C=C\C/C=C\C/C=C\C/C=C\C/C=C\CCCCCCCC(=O)NC(COC1OC(CO)C(O)C(O)C1O)C(O)CCCCCCCCCCCCCCCCCCCCCCCCCCCCCCC. The number of ether oxygens (including phenoxy) is 2. The summed E-state index contributed by atoms with van der Waals surface area (Å²) in [7, 11) is 0. The van der Waals surface area contributed by atoms with Crippen LogP contribution in [0.2, 0.25) is 0 Å². The molecular formula is C82H141NO8. The molecule has 1 heterocycles. The molecule has 9 heteroatoms. The largest absolute Gasteiger partial charge is 0.394 e. The van der Waals surface area contributed by atoms with Crippen LogP contribution in [-0.2, 0) is 14.3 Å². The Hall–Kier alpha value is -3.67. The summed E-state index contributed by atoms with van der Waals surface area (Å²) in [6, 6.07) is -0.742. The molecule has 7 unspecified atom stereocenters. The smallest absolute Gasteiger partial charge is 0.220 e. The summed E-state index contributed by atoms with van der Waals surface area (Å²) in [6.45, 7) is 3.74. The topological polar surface area (TPSA) is 149 Å². The Balaban J connectivity index is 2.15. The van der Waals surface area contributed by atoms with Crippen LogP contribution in [0, 0.1) is 0 Å². The molecule has 0 radical (unpaired) electrons. The van der Waals surface area contributed by atoms with Crippen LogP contribution in [0.3, 0.4) is 0 Å². The van der Waals surface area contributed by atoms with Gasteiger partial charge in [0, 0.05) is 6.42 Å². The van der Waals surface area contributed by atoms with Gasteiger partial charge in [-0.25, -0.2) is 0 Å². The molecule has 0 aromatic heterocycles. The number of aliphatic hydroxyl groups excluding tert-OH is 5. The van der Waals surface area contributed by atoms with Crippen molar-refractivity contribution in [2.75, 3.05) is 13.2 Å². The van der Waals surface area contributed by atoms with E-state index in [1.807, 2.05) is 0 Å². The summed E-state index contributed by atoms with van der Waals surface area (Å²) in [5.74, 6) is -0.164. The Morgan fingerprint density at radius 3 is 1.01 bits per heavy atom. The second kappa shape index (κ2) is 69.2. The van der Waals surface area contributed by atoms with Gasteiger partial charge in [0.05, 0.1) is 25.4 Å². The lowest BCUT2D eigenvalue weighted by molar-refractivity contribution is -0.302. The minimum Gasteiger partial charge on any atom is -0.394 e. The van der Waals surface area contributed by atoms with Crippen LogP contribution in [0.5, 0.6) is 0 Å². The van der Waals surface area contributed by atoms with E-state index in [9.17, 15) is 30.3 Å². The molecule has 0 saturated carbocycles. The monoisotopic (exact) mass is 1270 g/mol. The third kappa shape index (κ3) is 57.5. The number of amides is 1. The van der Waals surface area contributed by atoms with Crippen molar-refractivity contribution in [1.82, 2.24) is 5.32 Å². The van der Waals surface area contributed by atoms with Gasteiger partial charge in [-0.15, -0.1) is 0 Å². The van der Waals surface area contributed by atoms with Gasteiger partial charge in [-0.2, -0.15) is 0 Å². The first-order valence-electron chi connectivity index (χ1n) is 37.9. The molecule has 91 heavy (non-hydrogen) atoms. The van der Waals surface area contributed by atoms with Crippen molar-refractivity contribution in [3.8, 4) is 0 Å². The molecule has 1 fully saturated rings. The molecule has 0 bridgehead atoms. The van der Waals surface area contributed by atoms with E-state index in [0.29, 0.717) is 12.8 Å². The predicted octanol–water partition coefficient (Wildman–Crippen LogP) is 21.5. The number of rotatable bonds is 65. The first-order chi connectivity index (χ1) is 44.8. The van der Waals surface area contributed by atoms with Gasteiger partial charge < -0.3 is 40.3 Å². The minimum absolute atomic E-state index is 0.153. The van der Waals surface area contributed by atoms with Crippen molar-refractivity contribution < 1.29 is 39.8 Å². The number of carbonyl (C=O) groups is 1. The summed E-state index contributed by atoms with van der Waals surface area (Å²) in [6.07, 6.45) is 98.1. The van der Waals surface area contributed by atoms with Gasteiger partial charge in [0.1, 0.15) is 24.4 Å². The standard InChI is InChI=1S/C82H141NO8/c1-3-5-7-9-11-13-15-17-19-21-23-25-27-29-31-33-34-35-36-37-38-39-40-41-42-44-46-48-50-52-54-56-58-60-62-64-66-68-70-72-78(86)83-75(74-90-82-81(89)80(88)79(87)77(73-84)91-82)76(85)71-69-67-65-63-61-59-57-55-53-51-49-47-45-43-32-30-28-26-24-22-20-18-16-14-12-10-8-6-4-2/h5,7,11,13,17,19,23,25,29,31,34-35,37-38,40-41,44,46,50,52,56,58,75-77,79-82,84-85,87-89H,3-4,6,8-10,12,14-16,18,20-22,24,26-28,30,32-33,36,39,42-43,45,47-49,51,53-55,57,59-74H2,1-2H3,(H,83,86)/b7-5-,13-11-,19-17-,25-23-,31-29-,35-34-,38-37-,41-40-,46-44-,52-50-,58-56-. The van der Waals surface area contributed by atoms with E-state index in [4.69, 9.17) is 9.47 Å². The Morgan fingerprint density at radius 2 is 0.681 bits per heavy atom. The fourth-order valence-corrected chi connectivity index (χ4v) is 11.4. The van der Waals surface area contributed by atoms with Gasteiger partial charge in [0.15, 0.2) is 6.29 Å². The van der Waals surface area contributed by atoms with Crippen molar-refractivity contribution in [3.63, 3.8) is 0 Å². The van der Waals surface area contributed by atoms with E-state index >= 15 is 0 Å². The summed E-state index contributed by atoms with van der Waals surface area (Å²) in [5, 5.41) is 55.0. The zero-order valence-corrected chi connectivity index (χ0v) is 58.6. The summed E-state index contributed by atoms with van der Waals surface area (Å²) in [5.41, 5.74) is 0. The Labute approximate surface area is 560 Å². The van der Waals surface area contributed by atoms with Crippen LogP contribution < -0.4 is 5.32 Å². The van der Waals surface area contributed by atoms with E-state index in [1.165, 1.54) is 167 Å². The van der Waals surface area contributed by atoms with Gasteiger partial charge in [0.25, 0.3) is 0 Å². The number of nitrogens with one attached hydrogen (secondary N) is 1. The zero-order valence-electron chi connectivity index (χ0n) is 58.6. The Bertz CT molecular complexity index is 1910. The maximum absolute atomic E-state index is 13.2. The molecule has 0 aromatic carbocycles. The second-order valence-electron chi connectivity index (χ2n) is 25.7. The summed E-state index contributed by atoms with van der Waals surface area (Å²) >= 11 is 0. The maximum atomic E-state index is 13.2.